The van der Waals surface area contributed by atoms with Gasteiger partial charge in [0.2, 0.25) is 0 Å². The molecule has 23 heavy (non-hydrogen) atoms. The van der Waals surface area contributed by atoms with Crippen molar-refractivity contribution >= 4 is 28.6 Å². The fourth-order valence-electron chi connectivity index (χ4n) is 2.89. The minimum atomic E-state index is -0.00389. The highest BCUT2D eigenvalue weighted by molar-refractivity contribution is 7.21. The molecule has 1 fully saturated rings. The molecule has 2 aromatic heterocycles. The third-order valence-electron chi connectivity index (χ3n) is 4.09. The van der Waals surface area contributed by atoms with Crippen LogP contribution in [-0.4, -0.2) is 42.0 Å². The Morgan fingerprint density at radius 2 is 2.22 bits per heavy atom. The van der Waals surface area contributed by atoms with E-state index in [2.05, 4.69) is 22.1 Å². The van der Waals surface area contributed by atoms with Gasteiger partial charge in [0.15, 0.2) is 0 Å². The van der Waals surface area contributed by atoms with E-state index < -0.39 is 0 Å². The zero-order chi connectivity index (χ0) is 16.1. The third kappa shape index (κ3) is 4.62. The second-order valence-corrected chi connectivity index (χ2v) is 8.16. The van der Waals surface area contributed by atoms with Gasteiger partial charge in [0, 0.05) is 13.1 Å². The van der Waals surface area contributed by atoms with E-state index in [1.54, 1.807) is 17.5 Å². The molecule has 1 unspecified atom stereocenters. The number of thiazole rings is 1. The summed E-state index contributed by atoms with van der Waals surface area (Å²) in [5, 5.41) is 6.00. The molecule has 1 atom stereocenters. The fraction of sp³-hybridized carbons (Fsp3) is 0.529. The summed E-state index contributed by atoms with van der Waals surface area (Å²) >= 11 is 3.11. The number of hydrogen-bond donors (Lipinski definition) is 1. The smallest absolute Gasteiger partial charge is 0.263 e. The van der Waals surface area contributed by atoms with Crippen molar-refractivity contribution in [2.45, 2.75) is 26.2 Å². The van der Waals surface area contributed by atoms with Crippen molar-refractivity contribution < 1.29 is 4.79 Å². The van der Waals surface area contributed by atoms with Crippen LogP contribution in [0.3, 0.4) is 0 Å². The maximum atomic E-state index is 12.3. The largest absolute Gasteiger partial charge is 0.351 e. The molecule has 0 aliphatic carbocycles. The number of amides is 1. The Bertz CT molecular complexity index is 618. The summed E-state index contributed by atoms with van der Waals surface area (Å²) < 4.78 is 0. The van der Waals surface area contributed by atoms with Crippen molar-refractivity contribution in [3.63, 3.8) is 0 Å². The van der Waals surface area contributed by atoms with Gasteiger partial charge in [0.25, 0.3) is 5.91 Å². The molecule has 124 valence electrons. The molecule has 1 N–H and O–H groups in total. The van der Waals surface area contributed by atoms with E-state index in [1.807, 2.05) is 17.5 Å². The van der Waals surface area contributed by atoms with Gasteiger partial charge in [-0.15, -0.1) is 22.7 Å². The molecule has 3 heterocycles. The van der Waals surface area contributed by atoms with Crippen molar-refractivity contribution in [2.75, 3.05) is 26.2 Å². The van der Waals surface area contributed by atoms with Crippen LogP contribution in [0.5, 0.6) is 0 Å². The Labute approximate surface area is 145 Å². The molecule has 4 nitrogen and oxygen atoms in total. The average Bonchev–Trinajstić information content (AvgIpc) is 3.24. The van der Waals surface area contributed by atoms with Gasteiger partial charge in [-0.3, -0.25) is 4.79 Å². The number of carbonyl (C=O) groups is 1. The van der Waals surface area contributed by atoms with E-state index >= 15 is 0 Å². The molecule has 0 spiro atoms. The van der Waals surface area contributed by atoms with Crippen molar-refractivity contribution in [1.29, 1.82) is 0 Å². The lowest BCUT2D eigenvalue weighted by Crippen LogP contribution is -2.37. The number of carbonyl (C=O) groups excluding carboxylic acids is 1. The van der Waals surface area contributed by atoms with Gasteiger partial charge >= 0.3 is 0 Å². The third-order valence-corrected chi connectivity index (χ3v) is 6.13. The number of thiophene rings is 1. The van der Waals surface area contributed by atoms with E-state index in [1.165, 1.54) is 43.7 Å². The number of likely N-dealkylation sites (tertiary alicyclic amines) is 1. The van der Waals surface area contributed by atoms with Crippen LogP contribution >= 0.6 is 22.7 Å². The zero-order valence-corrected chi connectivity index (χ0v) is 15.1. The fourth-order valence-corrected chi connectivity index (χ4v) is 4.53. The molecule has 0 aromatic carbocycles. The predicted molar refractivity (Wildman–Crippen MR) is 97.2 cm³/mol. The maximum Gasteiger partial charge on any atom is 0.263 e. The average molecular weight is 350 g/mol. The summed E-state index contributed by atoms with van der Waals surface area (Å²) in [5.74, 6) is 0.470. The Morgan fingerprint density at radius 3 is 2.96 bits per heavy atom. The first-order chi connectivity index (χ1) is 11.2. The SMILES string of the molecule is CC(CNC(=O)c1cnc(-c2cccs2)s1)CN1CCCCC1. The molecule has 1 amide bonds. The summed E-state index contributed by atoms with van der Waals surface area (Å²) in [4.78, 5) is 21.0. The predicted octanol–water partition coefficient (Wildman–Crippen LogP) is 3.72. The lowest BCUT2D eigenvalue weighted by atomic mass is 10.1. The van der Waals surface area contributed by atoms with Crippen LogP contribution in [0, 0.1) is 5.92 Å². The quantitative estimate of drug-likeness (QED) is 0.864. The standard InChI is InChI=1S/C17H23N3OS2/c1-13(12-20-7-3-2-4-8-20)10-18-16(21)15-11-19-17(23-15)14-6-5-9-22-14/h5-6,9,11,13H,2-4,7-8,10,12H2,1H3,(H,18,21). The van der Waals surface area contributed by atoms with Crippen LogP contribution in [0.2, 0.25) is 0 Å². The van der Waals surface area contributed by atoms with Gasteiger partial charge in [-0.25, -0.2) is 4.98 Å². The van der Waals surface area contributed by atoms with Crippen LogP contribution < -0.4 is 5.32 Å². The molecular weight excluding hydrogens is 326 g/mol. The van der Waals surface area contributed by atoms with Gasteiger partial charge in [-0.05, 0) is 43.3 Å². The van der Waals surface area contributed by atoms with Crippen LogP contribution in [0.4, 0.5) is 0 Å². The molecule has 3 rings (SSSR count). The van der Waals surface area contributed by atoms with E-state index in [9.17, 15) is 4.79 Å². The van der Waals surface area contributed by atoms with Crippen LogP contribution in [0.25, 0.3) is 9.88 Å². The minimum absolute atomic E-state index is 0.00389. The zero-order valence-electron chi connectivity index (χ0n) is 13.5. The van der Waals surface area contributed by atoms with Crippen LogP contribution in [0.15, 0.2) is 23.7 Å². The van der Waals surface area contributed by atoms with E-state index in [4.69, 9.17) is 0 Å². The van der Waals surface area contributed by atoms with Crippen molar-refractivity contribution in [3.8, 4) is 9.88 Å². The number of nitrogens with zero attached hydrogens (tertiary/aromatic N) is 2. The first-order valence-corrected chi connectivity index (χ1v) is 9.92. The van der Waals surface area contributed by atoms with Crippen molar-refractivity contribution in [1.82, 2.24) is 15.2 Å². The Kier molecular flexibility index (Phi) is 5.80. The maximum absolute atomic E-state index is 12.3. The molecule has 0 bridgehead atoms. The number of piperidine rings is 1. The van der Waals surface area contributed by atoms with Crippen LogP contribution in [0.1, 0.15) is 35.9 Å². The molecule has 0 saturated carbocycles. The van der Waals surface area contributed by atoms with Gasteiger partial charge in [-0.2, -0.15) is 0 Å². The van der Waals surface area contributed by atoms with E-state index in [-0.39, 0.29) is 5.91 Å². The number of rotatable bonds is 6. The molecule has 1 aliphatic rings. The van der Waals surface area contributed by atoms with E-state index in [0.717, 1.165) is 23.0 Å². The van der Waals surface area contributed by atoms with E-state index in [0.29, 0.717) is 10.8 Å². The molecule has 2 aromatic rings. The topological polar surface area (TPSA) is 45.2 Å². The Morgan fingerprint density at radius 1 is 1.39 bits per heavy atom. The normalized spacial score (nSPS) is 17.1. The number of nitrogens with one attached hydrogen (secondary N) is 1. The van der Waals surface area contributed by atoms with Crippen molar-refractivity contribution in [3.05, 3.63) is 28.6 Å². The Balaban J connectivity index is 1.47. The first-order valence-electron chi connectivity index (χ1n) is 8.22. The highest BCUT2D eigenvalue weighted by Crippen LogP contribution is 2.28. The summed E-state index contributed by atoms with van der Waals surface area (Å²) in [7, 11) is 0. The van der Waals surface area contributed by atoms with Crippen LogP contribution in [-0.2, 0) is 0 Å². The molecule has 0 radical (unpaired) electrons. The monoisotopic (exact) mass is 349 g/mol. The second-order valence-electron chi connectivity index (χ2n) is 6.18. The van der Waals surface area contributed by atoms with Gasteiger partial charge in [-0.1, -0.05) is 19.4 Å². The minimum Gasteiger partial charge on any atom is -0.351 e. The second kappa shape index (κ2) is 8.04. The summed E-state index contributed by atoms with van der Waals surface area (Å²) in [6, 6.07) is 4.04. The molecular formula is C17H23N3OS2. The molecule has 1 aliphatic heterocycles. The summed E-state index contributed by atoms with van der Waals surface area (Å²) in [6.45, 7) is 6.41. The summed E-state index contributed by atoms with van der Waals surface area (Å²) in [6.07, 6.45) is 5.67. The molecule has 1 saturated heterocycles. The highest BCUT2D eigenvalue weighted by Gasteiger charge is 2.16. The lowest BCUT2D eigenvalue weighted by molar-refractivity contribution is 0.0946. The summed E-state index contributed by atoms with van der Waals surface area (Å²) in [5.41, 5.74) is 0. The number of hydrogen-bond acceptors (Lipinski definition) is 5. The van der Waals surface area contributed by atoms with Gasteiger partial charge < -0.3 is 10.2 Å². The number of aromatic nitrogens is 1. The van der Waals surface area contributed by atoms with Gasteiger partial charge in [0.1, 0.15) is 9.88 Å². The van der Waals surface area contributed by atoms with Gasteiger partial charge in [0.05, 0.1) is 11.1 Å². The first kappa shape index (κ1) is 16.6. The highest BCUT2D eigenvalue weighted by atomic mass is 32.1. The Hall–Kier alpha value is -1.24. The van der Waals surface area contributed by atoms with Crippen molar-refractivity contribution in [2.24, 2.45) is 5.92 Å². The lowest BCUT2D eigenvalue weighted by Gasteiger charge is -2.29. The molecule has 6 heteroatoms.